The van der Waals surface area contributed by atoms with Crippen LogP contribution >= 0.6 is 0 Å². The Morgan fingerprint density at radius 2 is 2.00 bits per heavy atom. The number of piperidine rings is 1. The summed E-state index contributed by atoms with van der Waals surface area (Å²) in [4.78, 5) is 19.4. The molecule has 166 valence electrons. The average molecular weight is 427 g/mol. The zero-order valence-electron chi connectivity index (χ0n) is 18.6. The van der Waals surface area contributed by atoms with Crippen molar-refractivity contribution in [3.05, 3.63) is 40.9 Å². The number of aryl methyl sites for hydroxylation is 3. The lowest BCUT2D eigenvalue weighted by Gasteiger charge is -2.31. The minimum absolute atomic E-state index is 0.0894. The van der Waals surface area contributed by atoms with Crippen LogP contribution in [0.25, 0.3) is 11.3 Å². The molecule has 0 aromatic carbocycles. The number of hydrogen-bond acceptors (Lipinski definition) is 6. The Kier molecular flexibility index (Phi) is 5.95. The van der Waals surface area contributed by atoms with Gasteiger partial charge in [0.05, 0.1) is 17.9 Å². The molecule has 9 heteroatoms. The molecule has 4 rings (SSSR count). The number of likely N-dealkylation sites (tertiary alicyclic amines) is 1. The smallest absolute Gasteiger partial charge is 0.276 e. The highest BCUT2D eigenvalue weighted by molar-refractivity contribution is 5.93. The molecular formula is C22H30N6O3. The Hall–Kier alpha value is -2.94. The maximum absolute atomic E-state index is 13.0. The number of amides is 1. The van der Waals surface area contributed by atoms with Crippen LogP contribution < -0.4 is 0 Å². The van der Waals surface area contributed by atoms with Gasteiger partial charge in [0.1, 0.15) is 5.82 Å². The number of aliphatic hydroxyl groups excluding tert-OH is 1. The van der Waals surface area contributed by atoms with E-state index in [0.717, 1.165) is 47.9 Å². The Morgan fingerprint density at radius 3 is 2.65 bits per heavy atom. The number of aromatic nitrogens is 5. The molecule has 9 nitrogen and oxygen atoms in total. The van der Waals surface area contributed by atoms with Gasteiger partial charge in [0.15, 0.2) is 11.5 Å². The van der Waals surface area contributed by atoms with Crippen LogP contribution in [0.15, 0.2) is 16.8 Å². The van der Waals surface area contributed by atoms with Gasteiger partial charge in [0, 0.05) is 55.7 Å². The average Bonchev–Trinajstić information content (AvgIpc) is 3.46. The van der Waals surface area contributed by atoms with Crippen LogP contribution in [0.1, 0.15) is 59.1 Å². The van der Waals surface area contributed by atoms with E-state index < -0.39 is 0 Å². The van der Waals surface area contributed by atoms with Gasteiger partial charge in [-0.1, -0.05) is 5.16 Å². The van der Waals surface area contributed by atoms with E-state index in [2.05, 4.69) is 19.8 Å². The van der Waals surface area contributed by atoms with E-state index in [1.54, 1.807) is 6.07 Å². The van der Waals surface area contributed by atoms with E-state index in [9.17, 15) is 9.90 Å². The summed E-state index contributed by atoms with van der Waals surface area (Å²) >= 11 is 0. The molecule has 1 amide bonds. The summed E-state index contributed by atoms with van der Waals surface area (Å²) in [5.41, 5.74) is 4.15. The van der Waals surface area contributed by atoms with Crippen LogP contribution in [0.4, 0.5) is 0 Å². The quantitative estimate of drug-likeness (QED) is 0.650. The van der Waals surface area contributed by atoms with Crippen LogP contribution in [0.2, 0.25) is 0 Å². The van der Waals surface area contributed by atoms with Crippen LogP contribution in [-0.2, 0) is 13.1 Å². The first-order valence-electron chi connectivity index (χ1n) is 10.9. The minimum atomic E-state index is -0.110. The zero-order chi connectivity index (χ0) is 22.1. The van der Waals surface area contributed by atoms with Gasteiger partial charge in [-0.3, -0.25) is 9.48 Å². The predicted molar refractivity (Wildman–Crippen MR) is 115 cm³/mol. The van der Waals surface area contributed by atoms with E-state index in [4.69, 9.17) is 4.52 Å². The van der Waals surface area contributed by atoms with Crippen molar-refractivity contribution in [3.63, 3.8) is 0 Å². The van der Waals surface area contributed by atoms with Crippen LogP contribution in [-0.4, -0.2) is 60.1 Å². The SMILES string of the molecule is CCn1nc(C)c(-c2cc(C(=O)N3CCC(c4ncc(C)n4CCO)CC3)no2)c1C. The largest absolute Gasteiger partial charge is 0.395 e. The topological polar surface area (TPSA) is 102 Å². The second-order valence-electron chi connectivity index (χ2n) is 8.14. The molecule has 0 atom stereocenters. The van der Waals surface area contributed by atoms with E-state index in [0.29, 0.717) is 31.1 Å². The molecule has 1 fully saturated rings. The van der Waals surface area contributed by atoms with Crippen molar-refractivity contribution in [2.75, 3.05) is 19.7 Å². The molecule has 0 bridgehead atoms. The van der Waals surface area contributed by atoms with Gasteiger partial charge >= 0.3 is 0 Å². The Labute approximate surface area is 181 Å². The van der Waals surface area contributed by atoms with Crippen molar-refractivity contribution in [1.29, 1.82) is 0 Å². The predicted octanol–water partition coefficient (Wildman–Crippen LogP) is 2.69. The van der Waals surface area contributed by atoms with E-state index >= 15 is 0 Å². The molecule has 0 saturated carbocycles. The fraction of sp³-hybridized carbons (Fsp3) is 0.545. The third kappa shape index (κ3) is 3.89. The molecule has 3 aromatic rings. The third-order valence-corrected chi connectivity index (χ3v) is 6.21. The fourth-order valence-corrected chi connectivity index (χ4v) is 4.55. The molecule has 0 aliphatic carbocycles. The van der Waals surface area contributed by atoms with Crippen molar-refractivity contribution in [1.82, 2.24) is 29.4 Å². The van der Waals surface area contributed by atoms with E-state index in [-0.39, 0.29) is 18.4 Å². The maximum Gasteiger partial charge on any atom is 0.276 e. The van der Waals surface area contributed by atoms with Crippen molar-refractivity contribution in [2.24, 2.45) is 0 Å². The number of aliphatic hydroxyl groups is 1. The second kappa shape index (κ2) is 8.66. The monoisotopic (exact) mass is 426 g/mol. The molecule has 0 radical (unpaired) electrons. The number of carbonyl (C=O) groups is 1. The van der Waals surface area contributed by atoms with E-state index in [1.165, 1.54) is 0 Å². The highest BCUT2D eigenvalue weighted by Gasteiger charge is 2.29. The van der Waals surface area contributed by atoms with Crippen molar-refractivity contribution in [2.45, 2.75) is 59.5 Å². The lowest BCUT2D eigenvalue weighted by atomic mass is 9.95. The van der Waals surface area contributed by atoms with Crippen LogP contribution in [0.3, 0.4) is 0 Å². The van der Waals surface area contributed by atoms with Gasteiger partial charge in [0.2, 0.25) is 0 Å². The lowest BCUT2D eigenvalue weighted by molar-refractivity contribution is 0.0699. The van der Waals surface area contributed by atoms with Crippen molar-refractivity contribution >= 4 is 5.91 Å². The van der Waals surface area contributed by atoms with E-state index in [1.807, 2.05) is 43.5 Å². The summed E-state index contributed by atoms with van der Waals surface area (Å²) in [7, 11) is 0. The van der Waals surface area contributed by atoms with Crippen LogP contribution in [0.5, 0.6) is 0 Å². The normalized spacial score (nSPS) is 15.1. The highest BCUT2D eigenvalue weighted by Crippen LogP contribution is 2.30. The number of hydrogen-bond donors (Lipinski definition) is 1. The van der Waals surface area contributed by atoms with Gasteiger partial charge < -0.3 is 19.1 Å². The first-order chi connectivity index (χ1) is 14.9. The molecule has 4 heterocycles. The molecule has 0 spiro atoms. The summed E-state index contributed by atoms with van der Waals surface area (Å²) in [6.45, 7) is 10.7. The lowest BCUT2D eigenvalue weighted by Crippen LogP contribution is -2.38. The molecule has 1 saturated heterocycles. The number of carbonyl (C=O) groups excluding carboxylic acids is 1. The van der Waals surface area contributed by atoms with Crippen molar-refractivity contribution < 1.29 is 14.4 Å². The number of imidazole rings is 1. The summed E-state index contributed by atoms with van der Waals surface area (Å²) in [5, 5.41) is 17.9. The molecular weight excluding hydrogens is 396 g/mol. The summed E-state index contributed by atoms with van der Waals surface area (Å²) in [6.07, 6.45) is 3.52. The van der Waals surface area contributed by atoms with Gasteiger partial charge in [-0.15, -0.1) is 0 Å². The van der Waals surface area contributed by atoms with Gasteiger partial charge in [-0.2, -0.15) is 5.10 Å². The summed E-state index contributed by atoms with van der Waals surface area (Å²) in [6, 6.07) is 1.72. The standard InChI is InChI=1S/C22H30N6O3/c1-5-28-16(4)20(15(3)24-28)19-12-18(25-31-19)22(30)26-8-6-17(7-9-26)21-23-13-14(2)27(21)10-11-29/h12-13,17,29H,5-11H2,1-4H3. The van der Waals surface area contributed by atoms with Gasteiger partial charge in [-0.25, -0.2) is 4.98 Å². The molecule has 1 aliphatic rings. The third-order valence-electron chi connectivity index (χ3n) is 6.21. The second-order valence-corrected chi connectivity index (χ2v) is 8.14. The maximum atomic E-state index is 13.0. The van der Waals surface area contributed by atoms with Crippen molar-refractivity contribution in [3.8, 4) is 11.3 Å². The molecule has 1 aliphatic heterocycles. The number of rotatable bonds is 6. The first kappa shape index (κ1) is 21.3. The minimum Gasteiger partial charge on any atom is -0.395 e. The number of nitrogens with zero attached hydrogens (tertiary/aromatic N) is 6. The summed E-state index contributed by atoms with van der Waals surface area (Å²) in [5.74, 6) is 1.75. The zero-order valence-corrected chi connectivity index (χ0v) is 18.6. The molecule has 31 heavy (non-hydrogen) atoms. The fourth-order valence-electron chi connectivity index (χ4n) is 4.55. The molecule has 3 aromatic heterocycles. The summed E-state index contributed by atoms with van der Waals surface area (Å²) < 4.78 is 9.53. The van der Waals surface area contributed by atoms with Gasteiger partial charge in [-0.05, 0) is 40.5 Å². The molecule has 1 N–H and O–H groups in total. The Bertz CT molecular complexity index is 1070. The first-order valence-corrected chi connectivity index (χ1v) is 10.9. The Balaban J connectivity index is 1.45. The molecule has 0 unspecified atom stereocenters. The highest BCUT2D eigenvalue weighted by atomic mass is 16.5. The van der Waals surface area contributed by atoms with Gasteiger partial charge in [0.25, 0.3) is 5.91 Å². The Morgan fingerprint density at radius 1 is 1.26 bits per heavy atom. The van der Waals surface area contributed by atoms with Crippen LogP contribution in [0, 0.1) is 20.8 Å².